The average molecular weight is 481 g/mol. The third-order valence-corrected chi connectivity index (χ3v) is 5.83. The van der Waals surface area contributed by atoms with Gasteiger partial charge in [0.25, 0.3) is 11.6 Å². The van der Waals surface area contributed by atoms with Gasteiger partial charge in [0, 0.05) is 24.2 Å². The molecule has 0 bridgehead atoms. The van der Waals surface area contributed by atoms with Crippen molar-refractivity contribution in [3.8, 4) is 0 Å². The molecule has 3 rings (SSSR count). The summed E-state index contributed by atoms with van der Waals surface area (Å²) in [6.45, 7) is 7.71. The summed E-state index contributed by atoms with van der Waals surface area (Å²) >= 11 is 1.17. The van der Waals surface area contributed by atoms with E-state index < -0.39 is 11.0 Å². The molecule has 0 spiro atoms. The first-order valence-corrected chi connectivity index (χ1v) is 11.4. The lowest BCUT2D eigenvalue weighted by Gasteiger charge is -2.15. The summed E-state index contributed by atoms with van der Waals surface area (Å²) in [4.78, 5) is 35.5. The second-order valence-electron chi connectivity index (χ2n) is 7.39. The molecule has 2 amide bonds. The van der Waals surface area contributed by atoms with Crippen LogP contribution in [0.4, 0.5) is 11.4 Å². The van der Waals surface area contributed by atoms with Crippen molar-refractivity contribution >= 4 is 35.0 Å². The van der Waals surface area contributed by atoms with Crippen molar-refractivity contribution in [1.29, 1.82) is 0 Å². The van der Waals surface area contributed by atoms with Gasteiger partial charge in [-0.25, -0.2) is 0 Å². The molecule has 0 saturated carbocycles. The van der Waals surface area contributed by atoms with Crippen molar-refractivity contribution in [1.82, 2.24) is 20.1 Å². The number of aromatic nitrogens is 3. The van der Waals surface area contributed by atoms with Crippen LogP contribution in [-0.2, 0) is 11.3 Å². The van der Waals surface area contributed by atoms with E-state index in [1.807, 2.05) is 6.07 Å². The third-order valence-electron chi connectivity index (χ3n) is 4.87. The molecule has 11 heteroatoms. The Morgan fingerprint density at radius 1 is 1.24 bits per heavy atom. The summed E-state index contributed by atoms with van der Waals surface area (Å²) in [6.07, 6.45) is 1.68. The van der Waals surface area contributed by atoms with Crippen molar-refractivity contribution in [2.45, 2.75) is 31.6 Å². The van der Waals surface area contributed by atoms with Gasteiger partial charge in [-0.05, 0) is 31.5 Å². The summed E-state index contributed by atoms with van der Waals surface area (Å²) in [5.74, 6) is -0.0279. The molecule has 2 aromatic carbocycles. The molecule has 10 nitrogen and oxygen atoms in total. The molecule has 34 heavy (non-hydrogen) atoms. The standard InChI is InChI=1S/C23H24N6O4S/c1-4-12-28-21(16(3)24-22(31)17-8-6-5-7-9-17)26-27-23(28)34-14-20(30)25-19-13-18(29(32)33)11-10-15(19)2/h4-11,13,16H,1,12,14H2,2-3H3,(H,24,31)(H,25,30). The summed E-state index contributed by atoms with van der Waals surface area (Å²) < 4.78 is 1.78. The van der Waals surface area contributed by atoms with Gasteiger partial charge in [-0.2, -0.15) is 0 Å². The molecule has 0 aliphatic rings. The van der Waals surface area contributed by atoms with Crippen LogP contribution < -0.4 is 10.6 Å². The van der Waals surface area contributed by atoms with Crippen molar-refractivity contribution in [3.05, 3.63) is 88.3 Å². The van der Waals surface area contributed by atoms with Crippen LogP contribution in [0.25, 0.3) is 0 Å². The Morgan fingerprint density at radius 2 is 1.97 bits per heavy atom. The number of nitrogens with zero attached hydrogens (tertiary/aromatic N) is 4. The molecule has 0 saturated heterocycles. The number of nitro benzene ring substituents is 1. The van der Waals surface area contributed by atoms with Crippen LogP contribution in [0.3, 0.4) is 0 Å². The number of nitrogens with one attached hydrogen (secondary N) is 2. The highest BCUT2D eigenvalue weighted by Crippen LogP contribution is 2.24. The van der Waals surface area contributed by atoms with E-state index in [-0.39, 0.29) is 23.3 Å². The van der Waals surface area contributed by atoms with Crippen molar-refractivity contribution in [2.24, 2.45) is 0 Å². The number of non-ortho nitro benzene ring substituents is 1. The molecule has 1 heterocycles. The number of benzene rings is 2. The monoisotopic (exact) mass is 480 g/mol. The Labute approximate surface area is 200 Å². The molecule has 1 atom stereocenters. The van der Waals surface area contributed by atoms with Gasteiger partial charge in [0.2, 0.25) is 5.91 Å². The fourth-order valence-electron chi connectivity index (χ4n) is 3.14. The minimum absolute atomic E-state index is 0.0160. The first-order chi connectivity index (χ1) is 16.3. The normalized spacial score (nSPS) is 11.5. The molecule has 1 unspecified atom stereocenters. The molecule has 3 aromatic rings. The molecule has 0 radical (unpaired) electrons. The molecule has 0 fully saturated rings. The molecule has 0 aliphatic carbocycles. The summed E-state index contributed by atoms with van der Waals surface area (Å²) in [7, 11) is 0. The lowest BCUT2D eigenvalue weighted by Crippen LogP contribution is -2.28. The highest BCUT2D eigenvalue weighted by Gasteiger charge is 2.20. The van der Waals surface area contributed by atoms with E-state index in [0.29, 0.717) is 34.3 Å². The van der Waals surface area contributed by atoms with E-state index >= 15 is 0 Å². The lowest BCUT2D eigenvalue weighted by molar-refractivity contribution is -0.384. The topological polar surface area (TPSA) is 132 Å². The zero-order valence-corrected chi connectivity index (χ0v) is 19.5. The smallest absolute Gasteiger partial charge is 0.271 e. The van der Waals surface area contributed by atoms with Gasteiger partial charge >= 0.3 is 0 Å². The van der Waals surface area contributed by atoms with Gasteiger partial charge in [-0.3, -0.25) is 19.7 Å². The number of rotatable bonds is 10. The number of hydrogen-bond acceptors (Lipinski definition) is 7. The Morgan fingerprint density at radius 3 is 2.65 bits per heavy atom. The highest BCUT2D eigenvalue weighted by molar-refractivity contribution is 7.99. The van der Waals surface area contributed by atoms with Crippen molar-refractivity contribution < 1.29 is 14.5 Å². The highest BCUT2D eigenvalue weighted by atomic mass is 32.2. The second kappa shape index (κ2) is 11.2. The fraction of sp³-hybridized carbons (Fsp3) is 0.217. The van der Waals surface area contributed by atoms with Crippen LogP contribution >= 0.6 is 11.8 Å². The summed E-state index contributed by atoms with van der Waals surface area (Å²) in [5, 5.41) is 25.5. The maximum absolute atomic E-state index is 12.5. The van der Waals surface area contributed by atoms with E-state index in [1.54, 1.807) is 54.8 Å². The Bertz CT molecular complexity index is 1210. The number of carbonyl (C=O) groups excluding carboxylic acids is 2. The molecule has 0 aliphatic heterocycles. The zero-order chi connectivity index (χ0) is 24.7. The predicted molar refractivity (Wildman–Crippen MR) is 130 cm³/mol. The van der Waals surface area contributed by atoms with Crippen LogP contribution in [0.15, 0.2) is 66.3 Å². The van der Waals surface area contributed by atoms with E-state index in [4.69, 9.17) is 0 Å². The van der Waals surface area contributed by atoms with E-state index in [2.05, 4.69) is 27.4 Å². The number of aryl methyl sites for hydroxylation is 1. The Hall–Kier alpha value is -3.99. The Balaban J connectivity index is 1.68. The van der Waals surface area contributed by atoms with Crippen LogP contribution in [0, 0.1) is 17.0 Å². The predicted octanol–water partition coefficient (Wildman–Crippen LogP) is 3.90. The number of thioether (sulfide) groups is 1. The largest absolute Gasteiger partial charge is 0.342 e. The first-order valence-electron chi connectivity index (χ1n) is 10.4. The van der Waals surface area contributed by atoms with Crippen LogP contribution in [0.2, 0.25) is 0 Å². The minimum atomic E-state index is -0.513. The number of carbonyl (C=O) groups is 2. The van der Waals surface area contributed by atoms with E-state index in [1.165, 1.54) is 23.9 Å². The maximum atomic E-state index is 12.5. The fourth-order valence-corrected chi connectivity index (χ4v) is 3.89. The first kappa shape index (κ1) is 24.6. The van der Waals surface area contributed by atoms with Gasteiger partial charge < -0.3 is 15.2 Å². The van der Waals surface area contributed by atoms with Crippen LogP contribution in [-0.4, -0.2) is 37.3 Å². The number of amides is 2. The Kier molecular flexibility index (Phi) is 8.14. The molecular formula is C23H24N6O4S. The van der Waals surface area contributed by atoms with Crippen molar-refractivity contribution in [3.63, 3.8) is 0 Å². The van der Waals surface area contributed by atoms with Crippen LogP contribution in [0.1, 0.15) is 34.7 Å². The van der Waals surface area contributed by atoms with Gasteiger partial charge in [-0.15, -0.1) is 16.8 Å². The molecular weight excluding hydrogens is 456 g/mol. The maximum Gasteiger partial charge on any atom is 0.271 e. The van der Waals surface area contributed by atoms with Gasteiger partial charge in [0.05, 0.1) is 22.4 Å². The average Bonchev–Trinajstić information content (AvgIpc) is 3.22. The van der Waals surface area contributed by atoms with E-state index in [0.717, 1.165) is 0 Å². The number of allylic oxidation sites excluding steroid dienone is 1. The van der Waals surface area contributed by atoms with Crippen molar-refractivity contribution in [2.75, 3.05) is 11.1 Å². The SMILES string of the molecule is C=CCn1c(SCC(=O)Nc2cc([N+](=O)[O-])ccc2C)nnc1C(C)NC(=O)c1ccccc1. The minimum Gasteiger partial charge on any atom is -0.342 e. The van der Waals surface area contributed by atoms with Gasteiger partial charge in [0.15, 0.2) is 11.0 Å². The summed E-state index contributed by atoms with van der Waals surface area (Å²) in [5.41, 5.74) is 1.52. The van der Waals surface area contributed by atoms with Gasteiger partial charge in [0.1, 0.15) is 0 Å². The van der Waals surface area contributed by atoms with Crippen LogP contribution in [0.5, 0.6) is 0 Å². The number of hydrogen-bond donors (Lipinski definition) is 2. The summed E-state index contributed by atoms with van der Waals surface area (Å²) in [6, 6.07) is 12.7. The lowest BCUT2D eigenvalue weighted by atomic mass is 10.2. The third kappa shape index (κ3) is 6.07. The molecule has 176 valence electrons. The molecule has 2 N–H and O–H groups in total. The quantitative estimate of drug-likeness (QED) is 0.195. The molecule has 1 aromatic heterocycles. The van der Waals surface area contributed by atoms with Gasteiger partial charge in [-0.1, -0.05) is 42.1 Å². The van der Waals surface area contributed by atoms with E-state index in [9.17, 15) is 19.7 Å². The number of nitro groups is 1. The second-order valence-corrected chi connectivity index (χ2v) is 8.34. The zero-order valence-electron chi connectivity index (χ0n) is 18.7. The number of anilines is 1.